The molecule has 3 aromatic rings. The molecular weight excluding hydrogens is 321 g/mol. The number of rotatable bonds is 3. The van der Waals surface area contributed by atoms with Crippen molar-refractivity contribution in [2.24, 2.45) is 4.99 Å². The monoisotopic (exact) mass is 332 g/mol. The lowest BCUT2D eigenvalue weighted by Gasteiger charge is -2.04. The van der Waals surface area contributed by atoms with Crippen LogP contribution in [0.4, 0.5) is 18.9 Å². The largest absolute Gasteiger partial charge is 0.251 e. The van der Waals surface area contributed by atoms with Crippen molar-refractivity contribution < 1.29 is 13.2 Å². The zero-order chi connectivity index (χ0) is 16.4. The molecule has 0 spiro atoms. The van der Waals surface area contributed by atoms with Crippen molar-refractivity contribution in [3.05, 3.63) is 69.9 Å². The molecule has 2 nitrogen and oxygen atoms in total. The molecule has 0 N–H and O–H groups in total. The molecule has 1 heterocycles. The fourth-order valence-corrected chi connectivity index (χ4v) is 2.67. The number of halogens is 3. The molecule has 0 aliphatic carbocycles. The molecule has 0 atom stereocenters. The molecule has 6 heteroatoms. The summed E-state index contributed by atoms with van der Waals surface area (Å²) in [6.07, 6.45) is 3.21. The molecule has 0 fully saturated rings. The fraction of sp³-hybridized carbons (Fsp3) is 0.0588. The summed E-state index contributed by atoms with van der Waals surface area (Å²) in [7, 11) is 0. The molecule has 0 saturated heterocycles. The number of hydrogen-bond acceptors (Lipinski definition) is 3. The van der Waals surface area contributed by atoms with Crippen molar-refractivity contribution in [3.8, 4) is 11.1 Å². The number of aryl methyl sites for hydroxylation is 1. The SMILES string of the molecule is Cc1cnc(/C=N/c2ccc(-c3ccc(F)c(F)c3)cc2F)s1. The highest BCUT2D eigenvalue weighted by Gasteiger charge is 2.08. The van der Waals surface area contributed by atoms with E-state index in [9.17, 15) is 13.2 Å². The summed E-state index contributed by atoms with van der Waals surface area (Å²) >= 11 is 1.46. The lowest BCUT2D eigenvalue weighted by molar-refractivity contribution is 0.509. The van der Waals surface area contributed by atoms with E-state index >= 15 is 0 Å². The smallest absolute Gasteiger partial charge is 0.159 e. The quantitative estimate of drug-likeness (QED) is 0.599. The first-order valence-electron chi connectivity index (χ1n) is 6.74. The van der Waals surface area contributed by atoms with Gasteiger partial charge in [-0.15, -0.1) is 11.3 Å². The first kappa shape index (κ1) is 15.4. The third kappa shape index (κ3) is 3.48. The van der Waals surface area contributed by atoms with Crippen LogP contribution in [0, 0.1) is 24.4 Å². The maximum atomic E-state index is 14.1. The lowest BCUT2D eigenvalue weighted by Crippen LogP contribution is -1.87. The maximum Gasteiger partial charge on any atom is 0.159 e. The van der Waals surface area contributed by atoms with E-state index in [4.69, 9.17) is 0 Å². The standard InChI is InChI=1S/C17H11F3N2S/c1-10-8-22-17(23-10)9-21-16-5-3-12(7-15(16)20)11-2-4-13(18)14(19)6-11/h2-9H,1H3/b21-9+. The van der Waals surface area contributed by atoms with E-state index in [1.807, 2.05) is 6.92 Å². The van der Waals surface area contributed by atoms with Crippen LogP contribution in [0.3, 0.4) is 0 Å². The molecule has 3 rings (SSSR count). The minimum absolute atomic E-state index is 0.157. The number of aromatic nitrogens is 1. The molecule has 0 unspecified atom stereocenters. The van der Waals surface area contributed by atoms with Crippen LogP contribution >= 0.6 is 11.3 Å². The van der Waals surface area contributed by atoms with Gasteiger partial charge in [0.05, 0.1) is 11.9 Å². The van der Waals surface area contributed by atoms with Crippen LogP contribution in [-0.4, -0.2) is 11.2 Å². The summed E-state index contributed by atoms with van der Waals surface area (Å²) in [4.78, 5) is 9.23. The summed E-state index contributed by atoms with van der Waals surface area (Å²) in [5, 5.41) is 0.687. The van der Waals surface area contributed by atoms with E-state index in [-0.39, 0.29) is 5.69 Å². The van der Waals surface area contributed by atoms with E-state index < -0.39 is 17.5 Å². The Kier molecular flexibility index (Phi) is 4.25. The highest BCUT2D eigenvalue weighted by Crippen LogP contribution is 2.27. The molecule has 0 radical (unpaired) electrons. The van der Waals surface area contributed by atoms with Crippen LogP contribution in [0.1, 0.15) is 9.88 Å². The zero-order valence-corrected chi connectivity index (χ0v) is 12.9. The van der Waals surface area contributed by atoms with Gasteiger partial charge in [-0.3, -0.25) is 4.99 Å². The summed E-state index contributed by atoms with van der Waals surface area (Å²) in [5.74, 6) is -2.45. The molecule has 23 heavy (non-hydrogen) atoms. The second-order valence-electron chi connectivity index (χ2n) is 4.86. The van der Waals surface area contributed by atoms with E-state index in [0.717, 1.165) is 17.0 Å². The molecule has 0 aliphatic heterocycles. The normalized spacial score (nSPS) is 11.3. The Hall–Kier alpha value is -2.47. The highest BCUT2D eigenvalue weighted by molar-refractivity contribution is 7.13. The van der Waals surface area contributed by atoms with E-state index in [1.165, 1.54) is 35.8 Å². The average molecular weight is 332 g/mol. The number of benzene rings is 2. The van der Waals surface area contributed by atoms with Crippen molar-refractivity contribution in [2.75, 3.05) is 0 Å². The van der Waals surface area contributed by atoms with Gasteiger partial charge in [-0.2, -0.15) is 0 Å². The Balaban J connectivity index is 1.88. The van der Waals surface area contributed by atoms with Gasteiger partial charge in [-0.1, -0.05) is 12.1 Å². The van der Waals surface area contributed by atoms with Gasteiger partial charge in [-0.25, -0.2) is 18.2 Å². The van der Waals surface area contributed by atoms with Gasteiger partial charge in [-0.05, 0) is 42.3 Å². The van der Waals surface area contributed by atoms with Gasteiger partial charge in [0.2, 0.25) is 0 Å². The van der Waals surface area contributed by atoms with Crippen LogP contribution < -0.4 is 0 Å². The Morgan fingerprint density at radius 1 is 0.957 bits per heavy atom. The molecule has 0 saturated carbocycles. The summed E-state index contributed by atoms with van der Waals surface area (Å²) < 4.78 is 40.3. The summed E-state index contributed by atoms with van der Waals surface area (Å²) in [6.45, 7) is 1.92. The predicted octanol–water partition coefficient (Wildman–Crippen LogP) is 5.29. The van der Waals surface area contributed by atoms with Crippen molar-refractivity contribution in [2.45, 2.75) is 6.92 Å². The third-order valence-electron chi connectivity index (χ3n) is 3.15. The van der Waals surface area contributed by atoms with Gasteiger partial charge >= 0.3 is 0 Å². The molecule has 0 bridgehead atoms. The fourth-order valence-electron chi connectivity index (χ4n) is 2.02. The zero-order valence-electron chi connectivity index (χ0n) is 12.1. The van der Waals surface area contributed by atoms with Gasteiger partial charge in [0.25, 0.3) is 0 Å². The predicted molar refractivity (Wildman–Crippen MR) is 85.9 cm³/mol. The second kappa shape index (κ2) is 6.34. The summed E-state index contributed by atoms with van der Waals surface area (Å²) in [5.41, 5.74) is 1.00. The minimum atomic E-state index is -0.968. The Morgan fingerprint density at radius 3 is 2.26 bits per heavy atom. The average Bonchev–Trinajstić information content (AvgIpc) is 2.94. The van der Waals surface area contributed by atoms with Gasteiger partial charge in [0, 0.05) is 11.1 Å². The van der Waals surface area contributed by atoms with E-state index in [1.54, 1.807) is 12.3 Å². The van der Waals surface area contributed by atoms with Gasteiger partial charge in [0.1, 0.15) is 10.8 Å². The number of nitrogens with zero attached hydrogens (tertiary/aromatic N) is 2. The van der Waals surface area contributed by atoms with Crippen LogP contribution in [0.15, 0.2) is 47.6 Å². The van der Waals surface area contributed by atoms with Crippen LogP contribution in [0.2, 0.25) is 0 Å². The molecule has 1 aromatic heterocycles. The number of hydrogen-bond donors (Lipinski definition) is 0. The number of thiazole rings is 1. The third-order valence-corrected chi connectivity index (χ3v) is 4.00. The van der Waals surface area contributed by atoms with Crippen molar-refractivity contribution in [1.82, 2.24) is 4.98 Å². The Labute approximate surface area is 135 Å². The van der Waals surface area contributed by atoms with Crippen molar-refractivity contribution in [1.29, 1.82) is 0 Å². The van der Waals surface area contributed by atoms with Crippen molar-refractivity contribution >= 4 is 23.2 Å². The molecular formula is C17H11F3N2S. The van der Waals surface area contributed by atoms with Crippen molar-refractivity contribution in [3.63, 3.8) is 0 Å². The minimum Gasteiger partial charge on any atom is -0.251 e. The first-order valence-corrected chi connectivity index (χ1v) is 7.56. The molecule has 0 aliphatic rings. The molecule has 0 amide bonds. The molecule has 2 aromatic carbocycles. The highest BCUT2D eigenvalue weighted by atomic mass is 32.1. The maximum absolute atomic E-state index is 14.1. The first-order chi connectivity index (χ1) is 11.0. The van der Waals surface area contributed by atoms with Gasteiger partial charge in [0.15, 0.2) is 11.6 Å². The van der Waals surface area contributed by atoms with E-state index in [2.05, 4.69) is 9.98 Å². The molecule has 116 valence electrons. The topological polar surface area (TPSA) is 25.2 Å². The van der Waals surface area contributed by atoms with Crippen LogP contribution in [0.25, 0.3) is 11.1 Å². The number of aliphatic imine (C=N–C) groups is 1. The van der Waals surface area contributed by atoms with Crippen LogP contribution in [-0.2, 0) is 0 Å². The second-order valence-corrected chi connectivity index (χ2v) is 6.13. The Bertz CT molecular complexity index is 887. The van der Waals surface area contributed by atoms with E-state index in [0.29, 0.717) is 16.1 Å². The van der Waals surface area contributed by atoms with Gasteiger partial charge < -0.3 is 0 Å². The van der Waals surface area contributed by atoms with Crippen LogP contribution in [0.5, 0.6) is 0 Å². The Morgan fingerprint density at radius 2 is 1.65 bits per heavy atom. The lowest BCUT2D eigenvalue weighted by atomic mass is 10.0. The summed E-state index contributed by atoms with van der Waals surface area (Å²) in [6, 6.07) is 7.78.